The first-order chi connectivity index (χ1) is 9.86. The van der Waals surface area contributed by atoms with E-state index in [4.69, 9.17) is 19.3 Å². The number of hydrogen-bond donors (Lipinski definition) is 1. The van der Waals surface area contributed by atoms with Crippen molar-refractivity contribution >= 4 is 0 Å². The number of ether oxygens (including phenoxy) is 3. The van der Waals surface area contributed by atoms with Crippen LogP contribution in [0.3, 0.4) is 0 Å². The molecule has 0 aromatic heterocycles. The minimum atomic E-state index is -0.344. The SMILES string of the molecule is OCC1COc2cccc(OCc3ccccc3)c2O1. The molecule has 1 heterocycles. The molecule has 1 aliphatic rings. The van der Waals surface area contributed by atoms with Crippen molar-refractivity contribution in [2.45, 2.75) is 12.7 Å². The number of aliphatic hydroxyl groups is 1. The van der Waals surface area contributed by atoms with Gasteiger partial charge in [0.1, 0.15) is 13.2 Å². The van der Waals surface area contributed by atoms with Crippen LogP contribution in [-0.4, -0.2) is 24.4 Å². The lowest BCUT2D eigenvalue weighted by atomic mass is 10.2. The maximum Gasteiger partial charge on any atom is 0.204 e. The summed E-state index contributed by atoms with van der Waals surface area (Å²) in [6, 6.07) is 15.5. The van der Waals surface area contributed by atoms with E-state index < -0.39 is 0 Å². The first-order valence-corrected chi connectivity index (χ1v) is 6.57. The van der Waals surface area contributed by atoms with Crippen molar-refractivity contribution in [1.29, 1.82) is 0 Å². The summed E-state index contributed by atoms with van der Waals surface area (Å²) in [7, 11) is 0. The maximum absolute atomic E-state index is 9.17. The summed E-state index contributed by atoms with van der Waals surface area (Å²) in [5, 5.41) is 9.17. The third kappa shape index (κ3) is 2.70. The molecule has 1 unspecified atom stereocenters. The minimum Gasteiger partial charge on any atom is -0.486 e. The van der Waals surface area contributed by atoms with Crippen molar-refractivity contribution in [3.8, 4) is 17.2 Å². The smallest absolute Gasteiger partial charge is 0.204 e. The average Bonchev–Trinajstić information content (AvgIpc) is 2.53. The quantitative estimate of drug-likeness (QED) is 0.928. The fourth-order valence-corrected chi connectivity index (χ4v) is 2.05. The summed E-state index contributed by atoms with van der Waals surface area (Å²) in [6.45, 7) is 0.739. The van der Waals surface area contributed by atoms with Gasteiger partial charge >= 0.3 is 0 Å². The monoisotopic (exact) mass is 272 g/mol. The first kappa shape index (κ1) is 12.8. The molecule has 0 aliphatic carbocycles. The molecule has 0 bridgehead atoms. The second kappa shape index (κ2) is 5.84. The Morgan fingerprint density at radius 1 is 1.10 bits per heavy atom. The summed E-state index contributed by atoms with van der Waals surface area (Å²) in [5.41, 5.74) is 1.08. The van der Waals surface area contributed by atoms with Gasteiger partial charge in [-0.25, -0.2) is 0 Å². The second-order valence-electron chi connectivity index (χ2n) is 4.59. The van der Waals surface area contributed by atoms with E-state index >= 15 is 0 Å². The van der Waals surface area contributed by atoms with Crippen molar-refractivity contribution in [3.05, 3.63) is 54.1 Å². The van der Waals surface area contributed by atoms with E-state index in [0.717, 1.165) is 5.56 Å². The Morgan fingerprint density at radius 2 is 1.95 bits per heavy atom. The fourth-order valence-electron chi connectivity index (χ4n) is 2.05. The Bertz CT molecular complexity index is 568. The van der Waals surface area contributed by atoms with Gasteiger partial charge in [0.15, 0.2) is 17.6 Å². The van der Waals surface area contributed by atoms with Gasteiger partial charge in [-0.15, -0.1) is 0 Å². The van der Waals surface area contributed by atoms with Crippen LogP contribution in [0.5, 0.6) is 17.2 Å². The molecule has 104 valence electrons. The highest BCUT2D eigenvalue weighted by molar-refractivity contribution is 5.52. The van der Waals surface area contributed by atoms with E-state index in [2.05, 4.69) is 0 Å². The van der Waals surface area contributed by atoms with Gasteiger partial charge in [-0.2, -0.15) is 0 Å². The van der Waals surface area contributed by atoms with Crippen LogP contribution in [0.25, 0.3) is 0 Å². The van der Waals surface area contributed by atoms with Crippen LogP contribution in [0.2, 0.25) is 0 Å². The Balaban J connectivity index is 1.77. The molecule has 0 fully saturated rings. The predicted molar refractivity (Wildman–Crippen MR) is 74.2 cm³/mol. The summed E-state index contributed by atoms with van der Waals surface area (Å²) < 4.78 is 17.1. The molecule has 0 spiro atoms. The molecule has 0 radical (unpaired) electrons. The van der Waals surface area contributed by atoms with Crippen molar-refractivity contribution in [2.75, 3.05) is 13.2 Å². The predicted octanol–water partition coefficient (Wildman–Crippen LogP) is 2.40. The fraction of sp³-hybridized carbons (Fsp3) is 0.250. The summed E-state index contributed by atoms with van der Waals surface area (Å²) in [5.74, 6) is 1.85. The standard InChI is InChI=1S/C16H16O4/c17-9-13-11-19-15-8-4-7-14(16(15)20-13)18-10-12-5-2-1-3-6-12/h1-8,13,17H,9-11H2. The van der Waals surface area contributed by atoms with Crippen LogP contribution < -0.4 is 14.2 Å². The van der Waals surface area contributed by atoms with E-state index in [1.807, 2.05) is 48.5 Å². The number of hydrogen-bond acceptors (Lipinski definition) is 4. The Morgan fingerprint density at radius 3 is 2.75 bits per heavy atom. The Labute approximate surface area is 117 Å². The second-order valence-corrected chi connectivity index (χ2v) is 4.59. The van der Waals surface area contributed by atoms with Crippen molar-refractivity contribution in [1.82, 2.24) is 0 Å². The van der Waals surface area contributed by atoms with Gasteiger partial charge in [0.05, 0.1) is 6.61 Å². The van der Waals surface area contributed by atoms with Crippen molar-refractivity contribution in [3.63, 3.8) is 0 Å². The number of benzene rings is 2. The number of para-hydroxylation sites is 1. The van der Waals surface area contributed by atoms with Crippen LogP contribution >= 0.6 is 0 Å². The van der Waals surface area contributed by atoms with E-state index in [-0.39, 0.29) is 12.7 Å². The molecule has 1 aliphatic heterocycles. The van der Waals surface area contributed by atoms with Crippen molar-refractivity contribution in [2.24, 2.45) is 0 Å². The molecule has 0 saturated carbocycles. The summed E-state index contributed by atoms with van der Waals surface area (Å²) >= 11 is 0. The van der Waals surface area contributed by atoms with E-state index in [1.54, 1.807) is 0 Å². The van der Waals surface area contributed by atoms with Crippen LogP contribution in [0.4, 0.5) is 0 Å². The number of aliphatic hydroxyl groups excluding tert-OH is 1. The molecule has 20 heavy (non-hydrogen) atoms. The van der Waals surface area contributed by atoms with Gasteiger partial charge in [0, 0.05) is 0 Å². The highest BCUT2D eigenvalue weighted by atomic mass is 16.6. The highest BCUT2D eigenvalue weighted by Crippen LogP contribution is 2.40. The molecule has 0 amide bonds. The molecule has 3 rings (SSSR count). The van der Waals surface area contributed by atoms with E-state index in [1.165, 1.54) is 0 Å². The summed E-state index contributed by atoms with van der Waals surface area (Å²) in [4.78, 5) is 0. The highest BCUT2D eigenvalue weighted by Gasteiger charge is 2.23. The number of rotatable bonds is 4. The van der Waals surface area contributed by atoms with Gasteiger partial charge < -0.3 is 19.3 Å². The first-order valence-electron chi connectivity index (χ1n) is 6.57. The van der Waals surface area contributed by atoms with Gasteiger partial charge in [-0.05, 0) is 17.7 Å². The molecule has 2 aromatic rings. The van der Waals surface area contributed by atoms with Gasteiger partial charge in [-0.1, -0.05) is 36.4 Å². The third-order valence-corrected chi connectivity index (χ3v) is 3.09. The molecular weight excluding hydrogens is 256 g/mol. The maximum atomic E-state index is 9.17. The zero-order valence-corrected chi connectivity index (χ0v) is 11.0. The lowest BCUT2D eigenvalue weighted by Gasteiger charge is -2.26. The van der Waals surface area contributed by atoms with Gasteiger partial charge in [0.2, 0.25) is 5.75 Å². The van der Waals surface area contributed by atoms with E-state index in [0.29, 0.717) is 30.5 Å². The van der Waals surface area contributed by atoms with Crippen molar-refractivity contribution < 1.29 is 19.3 Å². The van der Waals surface area contributed by atoms with Crippen LogP contribution in [-0.2, 0) is 6.61 Å². The lowest BCUT2D eigenvalue weighted by Crippen LogP contribution is -2.32. The lowest BCUT2D eigenvalue weighted by molar-refractivity contribution is 0.0421. The Kier molecular flexibility index (Phi) is 3.74. The molecule has 2 aromatic carbocycles. The molecule has 4 heteroatoms. The molecule has 1 atom stereocenters. The summed E-state index contributed by atoms with van der Waals surface area (Å²) in [6.07, 6.45) is -0.344. The normalized spacial score (nSPS) is 16.8. The van der Waals surface area contributed by atoms with Gasteiger partial charge in [0.25, 0.3) is 0 Å². The van der Waals surface area contributed by atoms with Crippen LogP contribution in [0.15, 0.2) is 48.5 Å². The zero-order chi connectivity index (χ0) is 13.8. The molecule has 1 N–H and O–H groups in total. The number of fused-ring (bicyclic) bond motifs is 1. The third-order valence-electron chi connectivity index (χ3n) is 3.09. The average molecular weight is 272 g/mol. The Hall–Kier alpha value is -2.20. The molecular formula is C16H16O4. The molecule has 4 nitrogen and oxygen atoms in total. The van der Waals surface area contributed by atoms with Crippen LogP contribution in [0, 0.1) is 0 Å². The minimum absolute atomic E-state index is 0.0769. The van der Waals surface area contributed by atoms with Crippen LogP contribution in [0.1, 0.15) is 5.56 Å². The topological polar surface area (TPSA) is 47.9 Å². The van der Waals surface area contributed by atoms with Gasteiger partial charge in [-0.3, -0.25) is 0 Å². The van der Waals surface area contributed by atoms with E-state index in [9.17, 15) is 0 Å². The zero-order valence-electron chi connectivity index (χ0n) is 11.0. The molecule has 0 saturated heterocycles. The largest absolute Gasteiger partial charge is 0.486 e.